The lowest BCUT2D eigenvalue weighted by Gasteiger charge is -2.14. The fourth-order valence-corrected chi connectivity index (χ4v) is 3.78. The average Bonchev–Trinajstić information content (AvgIpc) is 2.75. The molecule has 0 spiro atoms. The Kier molecular flexibility index (Phi) is 11.3. The highest BCUT2D eigenvalue weighted by Crippen LogP contribution is 2.22. The molecule has 3 nitrogen and oxygen atoms in total. The van der Waals surface area contributed by atoms with Crippen molar-refractivity contribution in [2.45, 2.75) is 91.1 Å². The van der Waals surface area contributed by atoms with Crippen LogP contribution in [0.3, 0.4) is 0 Å². The first kappa shape index (κ1) is 24.2. The van der Waals surface area contributed by atoms with Crippen LogP contribution in [0.4, 0.5) is 8.78 Å². The highest BCUT2D eigenvalue weighted by molar-refractivity contribution is 5.55. The molecule has 0 saturated heterocycles. The van der Waals surface area contributed by atoms with Crippen molar-refractivity contribution in [3.8, 4) is 17.1 Å². The summed E-state index contributed by atoms with van der Waals surface area (Å²) in [6, 6.07) is 6.41. The Balaban J connectivity index is 1.72. The molecule has 0 amide bonds. The highest BCUT2D eigenvalue weighted by atomic mass is 19.3. The van der Waals surface area contributed by atoms with E-state index in [9.17, 15) is 8.78 Å². The quantitative estimate of drug-likeness (QED) is 0.276. The normalized spacial score (nSPS) is 12.3. The Morgan fingerprint density at radius 3 is 2.10 bits per heavy atom. The van der Waals surface area contributed by atoms with E-state index in [4.69, 9.17) is 0 Å². The van der Waals surface area contributed by atoms with Crippen molar-refractivity contribution in [3.05, 3.63) is 42.2 Å². The van der Waals surface area contributed by atoms with E-state index < -0.39 is 6.61 Å². The fraction of sp³-hybridized carbons (Fsp3) is 0.600. The fourth-order valence-electron chi connectivity index (χ4n) is 3.78. The number of alkyl halides is 2. The lowest BCUT2D eigenvalue weighted by Crippen LogP contribution is -2.02. The Morgan fingerprint density at radius 1 is 0.833 bits per heavy atom. The van der Waals surface area contributed by atoms with Crippen LogP contribution in [0.5, 0.6) is 5.75 Å². The maximum absolute atomic E-state index is 12.2. The minimum atomic E-state index is -2.82. The van der Waals surface area contributed by atoms with Gasteiger partial charge in [0.25, 0.3) is 0 Å². The van der Waals surface area contributed by atoms with Gasteiger partial charge in [0.15, 0.2) is 5.82 Å². The molecule has 1 aromatic carbocycles. The molecule has 1 heterocycles. The third-order valence-corrected chi connectivity index (χ3v) is 5.66. The number of hydrogen-bond acceptors (Lipinski definition) is 3. The molecule has 2 rings (SSSR count). The van der Waals surface area contributed by atoms with Crippen LogP contribution in [0.25, 0.3) is 11.4 Å². The highest BCUT2D eigenvalue weighted by Gasteiger charge is 2.08. The molecule has 0 bridgehead atoms. The van der Waals surface area contributed by atoms with Crippen LogP contribution in [0.2, 0.25) is 0 Å². The van der Waals surface area contributed by atoms with Crippen LogP contribution in [0.15, 0.2) is 36.7 Å². The van der Waals surface area contributed by atoms with E-state index in [1.54, 1.807) is 12.1 Å². The molecule has 1 aromatic heterocycles. The third kappa shape index (κ3) is 9.19. The molecule has 0 fully saturated rings. The second-order valence-corrected chi connectivity index (χ2v) is 8.04. The summed E-state index contributed by atoms with van der Waals surface area (Å²) in [4.78, 5) is 8.89. The summed E-state index contributed by atoms with van der Waals surface area (Å²) in [5, 5.41) is 0. The van der Waals surface area contributed by atoms with Gasteiger partial charge in [-0.15, -0.1) is 0 Å². The second-order valence-electron chi connectivity index (χ2n) is 8.04. The predicted octanol–water partition coefficient (Wildman–Crippen LogP) is 7.84. The smallest absolute Gasteiger partial charge is 0.387 e. The molecule has 0 radical (unpaired) electrons. The summed E-state index contributed by atoms with van der Waals surface area (Å²) in [5.41, 5.74) is 1.93. The van der Waals surface area contributed by atoms with Crippen molar-refractivity contribution < 1.29 is 13.5 Å². The summed E-state index contributed by atoms with van der Waals surface area (Å²) < 4.78 is 28.8. The number of ether oxygens (including phenoxy) is 1. The van der Waals surface area contributed by atoms with Crippen LogP contribution < -0.4 is 4.74 Å². The van der Waals surface area contributed by atoms with Crippen LogP contribution in [-0.2, 0) is 6.42 Å². The first-order valence-electron chi connectivity index (χ1n) is 11.5. The van der Waals surface area contributed by atoms with Gasteiger partial charge in [-0.2, -0.15) is 8.78 Å². The molecular formula is C25H36F2N2O. The lowest BCUT2D eigenvalue weighted by atomic mass is 9.92. The van der Waals surface area contributed by atoms with E-state index in [1.165, 1.54) is 69.9 Å². The molecule has 5 heteroatoms. The summed E-state index contributed by atoms with van der Waals surface area (Å²) in [6.45, 7) is 1.75. The zero-order valence-electron chi connectivity index (χ0n) is 18.5. The first-order chi connectivity index (χ1) is 14.6. The Hall–Kier alpha value is -2.04. The molecule has 0 aliphatic carbocycles. The number of rotatable bonds is 15. The van der Waals surface area contributed by atoms with Crippen molar-refractivity contribution in [1.29, 1.82) is 0 Å². The van der Waals surface area contributed by atoms with Gasteiger partial charge in [-0.25, -0.2) is 9.97 Å². The van der Waals surface area contributed by atoms with E-state index in [2.05, 4.69) is 28.6 Å². The van der Waals surface area contributed by atoms with E-state index >= 15 is 0 Å². The van der Waals surface area contributed by atoms with E-state index in [0.29, 0.717) is 5.82 Å². The van der Waals surface area contributed by atoms with Crippen LogP contribution >= 0.6 is 0 Å². The Morgan fingerprint density at radius 2 is 1.47 bits per heavy atom. The van der Waals surface area contributed by atoms with E-state index in [-0.39, 0.29) is 5.75 Å². The molecule has 1 atom stereocenters. The SMILES string of the molecule is CCCCCCCCC(CC)CCCc1cnc(-c2ccc(OC(F)F)cc2)nc1. The summed E-state index contributed by atoms with van der Waals surface area (Å²) in [6.07, 6.45) is 18.0. The maximum atomic E-state index is 12.2. The number of benzene rings is 1. The van der Waals surface area contributed by atoms with Gasteiger partial charge in [-0.1, -0.05) is 71.6 Å². The van der Waals surface area contributed by atoms with Gasteiger partial charge in [0.05, 0.1) is 0 Å². The maximum Gasteiger partial charge on any atom is 0.387 e. The van der Waals surface area contributed by atoms with Crippen LogP contribution in [-0.4, -0.2) is 16.6 Å². The van der Waals surface area contributed by atoms with Crippen molar-refractivity contribution in [2.24, 2.45) is 5.92 Å². The monoisotopic (exact) mass is 418 g/mol. The molecule has 30 heavy (non-hydrogen) atoms. The molecule has 166 valence electrons. The third-order valence-electron chi connectivity index (χ3n) is 5.66. The van der Waals surface area contributed by atoms with Crippen molar-refractivity contribution in [2.75, 3.05) is 0 Å². The van der Waals surface area contributed by atoms with Gasteiger partial charge >= 0.3 is 6.61 Å². The number of aryl methyl sites for hydroxylation is 1. The zero-order chi connectivity index (χ0) is 21.6. The van der Waals surface area contributed by atoms with Gasteiger partial charge in [0.1, 0.15) is 5.75 Å². The van der Waals surface area contributed by atoms with Crippen LogP contribution in [0, 0.1) is 5.92 Å². The number of hydrogen-bond donors (Lipinski definition) is 0. The van der Waals surface area contributed by atoms with Crippen LogP contribution in [0.1, 0.15) is 83.6 Å². The lowest BCUT2D eigenvalue weighted by molar-refractivity contribution is -0.0498. The minimum absolute atomic E-state index is 0.136. The topological polar surface area (TPSA) is 35.0 Å². The summed E-state index contributed by atoms with van der Waals surface area (Å²) in [7, 11) is 0. The molecular weight excluding hydrogens is 382 g/mol. The number of aromatic nitrogens is 2. The molecule has 0 aliphatic rings. The zero-order valence-corrected chi connectivity index (χ0v) is 18.5. The molecule has 0 aliphatic heterocycles. The molecule has 0 N–H and O–H groups in total. The standard InChI is InChI=1S/C25H36F2N2O/c1-3-5-6-7-8-9-11-20(4-2)12-10-13-21-18-28-24(29-19-21)22-14-16-23(17-15-22)30-25(26)27/h14-20,25H,3-13H2,1-2H3. The van der Waals surface area contributed by atoms with Gasteiger partial charge < -0.3 is 4.74 Å². The number of halogens is 2. The van der Waals surface area contributed by atoms with E-state index in [0.717, 1.165) is 29.9 Å². The molecule has 2 aromatic rings. The summed E-state index contributed by atoms with van der Waals surface area (Å²) >= 11 is 0. The van der Waals surface area contributed by atoms with Gasteiger partial charge in [0.2, 0.25) is 0 Å². The van der Waals surface area contributed by atoms with Crippen molar-refractivity contribution in [3.63, 3.8) is 0 Å². The molecule has 0 saturated carbocycles. The van der Waals surface area contributed by atoms with E-state index in [1.807, 2.05) is 12.4 Å². The van der Waals surface area contributed by atoms with Gasteiger partial charge in [-0.05, 0) is 48.6 Å². The Bertz CT molecular complexity index is 689. The number of nitrogens with zero attached hydrogens (tertiary/aromatic N) is 2. The minimum Gasteiger partial charge on any atom is -0.435 e. The number of unbranched alkanes of at least 4 members (excludes halogenated alkanes) is 5. The second kappa shape index (κ2) is 14.1. The van der Waals surface area contributed by atoms with Crippen molar-refractivity contribution in [1.82, 2.24) is 9.97 Å². The van der Waals surface area contributed by atoms with Gasteiger partial charge in [0, 0.05) is 18.0 Å². The first-order valence-corrected chi connectivity index (χ1v) is 11.5. The van der Waals surface area contributed by atoms with Gasteiger partial charge in [-0.3, -0.25) is 0 Å². The largest absolute Gasteiger partial charge is 0.435 e. The summed E-state index contributed by atoms with van der Waals surface area (Å²) in [5.74, 6) is 1.55. The predicted molar refractivity (Wildman–Crippen MR) is 119 cm³/mol. The average molecular weight is 419 g/mol. The van der Waals surface area contributed by atoms with Crippen molar-refractivity contribution >= 4 is 0 Å². The molecule has 1 unspecified atom stereocenters. The Labute approximate surface area is 180 Å².